The minimum Gasteiger partial charge on any atom is -0.0842 e. The van der Waals surface area contributed by atoms with Gasteiger partial charge in [-0.1, -0.05) is 96.6 Å². The van der Waals surface area contributed by atoms with E-state index in [1.165, 1.54) is 70.7 Å². The molecule has 3 aliphatic carbocycles. The van der Waals surface area contributed by atoms with Crippen LogP contribution in [0, 0.1) is 5.92 Å². The number of fused-ring (bicyclic) bond motifs is 2. The van der Waals surface area contributed by atoms with E-state index < -0.39 is 0 Å². The molecule has 0 fully saturated rings. The van der Waals surface area contributed by atoms with Crippen LogP contribution in [0.25, 0.3) is 27.5 Å². The second-order valence-electron chi connectivity index (χ2n) is 8.74. The van der Waals surface area contributed by atoms with Gasteiger partial charge in [0.25, 0.3) is 0 Å². The lowest BCUT2D eigenvalue weighted by Gasteiger charge is -2.34. The van der Waals surface area contributed by atoms with Crippen molar-refractivity contribution in [3.8, 4) is 11.1 Å². The van der Waals surface area contributed by atoms with Gasteiger partial charge in [-0.25, -0.2) is 0 Å². The summed E-state index contributed by atoms with van der Waals surface area (Å²) in [6.45, 7) is 0. The quantitative estimate of drug-likeness (QED) is 0.416. The van der Waals surface area contributed by atoms with E-state index in [9.17, 15) is 0 Å². The Morgan fingerprint density at radius 3 is 2.27 bits per heavy atom. The number of hydrogen-bond acceptors (Lipinski definition) is 0. The molecule has 0 heteroatoms. The van der Waals surface area contributed by atoms with Crippen LogP contribution >= 0.6 is 0 Å². The topological polar surface area (TPSA) is 0 Å². The van der Waals surface area contributed by atoms with E-state index in [2.05, 4.69) is 91.0 Å². The maximum absolute atomic E-state index is 2.43. The zero-order valence-corrected chi connectivity index (χ0v) is 17.3. The molecule has 3 aromatic rings. The fraction of sp³-hybridized carbons (Fsp3) is 0.200. The molecule has 0 saturated heterocycles. The highest BCUT2D eigenvalue weighted by Crippen LogP contribution is 2.48. The van der Waals surface area contributed by atoms with Crippen molar-refractivity contribution < 1.29 is 0 Å². The molecule has 0 heterocycles. The summed E-state index contributed by atoms with van der Waals surface area (Å²) in [6, 6.07) is 24.5. The van der Waals surface area contributed by atoms with Gasteiger partial charge in [-0.05, 0) is 82.2 Å². The van der Waals surface area contributed by atoms with Crippen molar-refractivity contribution in [3.63, 3.8) is 0 Å². The van der Waals surface area contributed by atoms with Gasteiger partial charge in [-0.2, -0.15) is 0 Å². The number of allylic oxidation sites excluding steroid dienone is 8. The fourth-order valence-corrected chi connectivity index (χ4v) is 5.62. The van der Waals surface area contributed by atoms with Crippen LogP contribution in [0.2, 0.25) is 0 Å². The van der Waals surface area contributed by atoms with E-state index in [0.29, 0.717) is 5.92 Å². The lowest BCUT2D eigenvalue weighted by molar-refractivity contribution is 0.541. The van der Waals surface area contributed by atoms with Gasteiger partial charge in [0.15, 0.2) is 0 Å². The Balaban J connectivity index is 1.64. The first-order valence-electron chi connectivity index (χ1n) is 11.3. The van der Waals surface area contributed by atoms with Crippen molar-refractivity contribution in [3.05, 3.63) is 113 Å². The molecular formula is C30H26. The highest BCUT2D eigenvalue weighted by Gasteiger charge is 2.30. The first-order valence-corrected chi connectivity index (χ1v) is 11.3. The summed E-state index contributed by atoms with van der Waals surface area (Å²) in [5.74, 6) is 0.683. The van der Waals surface area contributed by atoms with E-state index >= 15 is 0 Å². The molecule has 1 atom stereocenters. The average Bonchev–Trinajstić information content (AvgIpc) is 2.82. The van der Waals surface area contributed by atoms with Gasteiger partial charge in [-0.15, -0.1) is 0 Å². The Hall–Kier alpha value is -3.12. The predicted molar refractivity (Wildman–Crippen MR) is 128 cm³/mol. The van der Waals surface area contributed by atoms with Crippen LogP contribution < -0.4 is 0 Å². The van der Waals surface area contributed by atoms with Crippen LogP contribution in [0.3, 0.4) is 0 Å². The summed E-state index contributed by atoms with van der Waals surface area (Å²) in [5, 5.41) is 2.71. The standard InChI is InChI=1S/C30H26/c1-2-10-21(11-3-1)24-18-19-29(28-17-9-8-16-27(24)28)30-25-14-6-4-12-22(25)20-23-13-5-7-15-26(23)30/h1-3,6-11,14-19,22H,4-5,12-13,20H2. The van der Waals surface area contributed by atoms with E-state index in [4.69, 9.17) is 0 Å². The minimum absolute atomic E-state index is 0.683. The van der Waals surface area contributed by atoms with Crippen LogP contribution in [0.5, 0.6) is 0 Å². The van der Waals surface area contributed by atoms with E-state index in [1.54, 1.807) is 11.1 Å². The van der Waals surface area contributed by atoms with E-state index in [1.807, 2.05) is 0 Å². The van der Waals surface area contributed by atoms with Crippen molar-refractivity contribution >= 4 is 16.3 Å². The van der Waals surface area contributed by atoms with Crippen molar-refractivity contribution in [2.75, 3.05) is 0 Å². The van der Waals surface area contributed by atoms with Crippen LogP contribution in [0.4, 0.5) is 0 Å². The summed E-state index contributed by atoms with van der Waals surface area (Å²) in [6.07, 6.45) is 15.7. The highest BCUT2D eigenvalue weighted by atomic mass is 14.3. The summed E-state index contributed by atoms with van der Waals surface area (Å²) in [7, 11) is 0. The molecule has 0 spiro atoms. The Bertz CT molecular complexity index is 1250. The third kappa shape index (κ3) is 2.82. The summed E-state index contributed by atoms with van der Waals surface area (Å²) in [4.78, 5) is 0. The van der Waals surface area contributed by atoms with Gasteiger partial charge >= 0.3 is 0 Å². The molecule has 0 saturated carbocycles. The Labute approximate surface area is 179 Å². The number of benzene rings is 3. The van der Waals surface area contributed by atoms with Gasteiger partial charge in [0, 0.05) is 0 Å². The third-order valence-corrected chi connectivity index (χ3v) is 7.03. The van der Waals surface area contributed by atoms with E-state index in [-0.39, 0.29) is 0 Å². The molecule has 0 aromatic heterocycles. The molecule has 3 aliphatic rings. The normalized spacial score (nSPS) is 20.5. The molecule has 1 unspecified atom stereocenters. The van der Waals surface area contributed by atoms with Crippen LogP contribution in [-0.4, -0.2) is 0 Å². The number of hydrogen-bond donors (Lipinski definition) is 0. The maximum atomic E-state index is 2.43. The summed E-state index contributed by atoms with van der Waals surface area (Å²) in [5.41, 5.74) is 10.2. The van der Waals surface area contributed by atoms with Gasteiger partial charge in [0.05, 0.1) is 0 Å². The van der Waals surface area contributed by atoms with Crippen molar-refractivity contribution in [2.24, 2.45) is 5.92 Å². The van der Waals surface area contributed by atoms with Gasteiger partial charge in [-0.3, -0.25) is 0 Å². The largest absolute Gasteiger partial charge is 0.0842 e. The van der Waals surface area contributed by atoms with Crippen molar-refractivity contribution in [2.45, 2.75) is 32.1 Å². The smallest absolute Gasteiger partial charge is 0.00708 e. The lowest BCUT2D eigenvalue weighted by Crippen LogP contribution is -2.17. The van der Waals surface area contributed by atoms with Gasteiger partial charge in [0.2, 0.25) is 0 Å². The molecule has 0 bridgehead atoms. The fourth-order valence-electron chi connectivity index (χ4n) is 5.62. The minimum atomic E-state index is 0.683. The van der Waals surface area contributed by atoms with Crippen LogP contribution in [-0.2, 0) is 0 Å². The molecule has 0 nitrogen and oxygen atoms in total. The summed E-state index contributed by atoms with van der Waals surface area (Å²) >= 11 is 0. The van der Waals surface area contributed by atoms with Gasteiger partial charge < -0.3 is 0 Å². The van der Waals surface area contributed by atoms with Gasteiger partial charge in [0.1, 0.15) is 0 Å². The Morgan fingerprint density at radius 1 is 0.667 bits per heavy atom. The monoisotopic (exact) mass is 386 g/mol. The zero-order valence-electron chi connectivity index (χ0n) is 17.3. The molecule has 30 heavy (non-hydrogen) atoms. The number of rotatable bonds is 2. The van der Waals surface area contributed by atoms with Crippen LogP contribution in [0.1, 0.15) is 37.7 Å². The second-order valence-corrected chi connectivity index (χ2v) is 8.74. The first kappa shape index (κ1) is 17.7. The lowest BCUT2D eigenvalue weighted by atomic mass is 9.70. The summed E-state index contributed by atoms with van der Waals surface area (Å²) < 4.78 is 0. The molecule has 0 N–H and O–H groups in total. The molecule has 0 amide bonds. The first-order chi connectivity index (χ1) is 14.9. The Kier molecular flexibility index (Phi) is 4.30. The van der Waals surface area contributed by atoms with Crippen LogP contribution in [0.15, 0.2) is 108 Å². The van der Waals surface area contributed by atoms with Crippen molar-refractivity contribution in [1.29, 1.82) is 0 Å². The Morgan fingerprint density at radius 2 is 1.40 bits per heavy atom. The molecule has 6 rings (SSSR count). The highest BCUT2D eigenvalue weighted by molar-refractivity contribution is 6.06. The zero-order chi connectivity index (χ0) is 19.9. The predicted octanol–water partition coefficient (Wildman–Crippen LogP) is 8.28. The van der Waals surface area contributed by atoms with E-state index in [0.717, 1.165) is 0 Å². The maximum Gasteiger partial charge on any atom is -0.00708 e. The molecule has 0 radical (unpaired) electrons. The third-order valence-electron chi connectivity index (χ3n) is 7.03. The molecule has 146 valence electrons. The molecular weight excluding hydrogens is 360 g/mol. The average molecular weight is 387 g/mol. The molecule has 0 aliphatic heterocycles. The second kappa shape index (κ2) is 7.29. The SMILES string of the molecule is C1=CC2=C(CC1)CC1CCC=CC1=C2c1ccc(-c2ccccc2)c2ccccc12. The molecule has 3 aromatic carbocycles. The van der Waals surface area contributed by atoms with Crippen molar-refractivity contribution in [1.82, 2.24) is 0 Å².